The topological polar surface area (TPSA) is 46.2 Å². The molecule has 0 aliphatic heterocycles. The van der Waals surface area contributed by atoms with Crippen molar-refractivity contribution in [2.45, 2.75) is 37.9 Å². The summed E-state index contributed by atoms with van der Waals surface area (Å²) in [6.45, 7) is 0. The van der Waals surface area contributed by atoms with Crippen LogP contribution in [0.2, 0.25) is 0 Å². The summed E-state index contributed by atoms with van der Waals surface area (Å²) in [5.41, 5.74) is 0. The SMILES string of the molecule is CS(=O)(=O)NC1CCCCC1C(F)(F)F. The molecular weight excluding hydrogens is 231 g/mol. The van der Waals surface area contributed by atoms with E-state index in [0.717, 1.165) is 6.26 Å². The Hall–Kier alpha value is -0.300. The van der Waals surface area contributed by atoms with Crippen molar-refractivity contribution in [3.63, 3.8) is 0 Å². The third-order valence-corrected chi connectivity index (χ3v) is 3.28. The van der Waals surface area contributed by atoms with Crippen LogP contribution in [0.25, 0.3) is 0 Å². The van der Waals surface area contributed by atoms with Crippen LogP contribution < -0.4 is 4.72 Å². The Morgan fingerprint density at radius 2 is 1.73 bits per heavy atom. The molecule has 1 aliphatic rings. The molecule has 0 radical (unpaired) electrons. The third kappa shape index (κ3) is 3.98. The molecule has 0 heterocycles. The molecule has 0 saturated heterocycles. The molecule has 7 heteroatoms. The largest absolute Gasteiger partial charge is 0.393 e. The molecule has 0 amide bonds. The molecule has 0 aromatic carbocycles. The second-order valence-corrected chi connectivity index (χ2v) is 5.71. The van der Waals surface area contributed by atoms with Crippen molar-refractivity contribution >= 4 is 10.0 Å². The molecule has 3 nitrogen and oxygen atoms in total. The number of sulfonamides is 1. The van der Waals surface area contributed by atoms with Gasteiger partial charge in [-0.25, -0.2) is 13.1 Å². The summed E-state index contributed by atoms with van der Waals surface area (Å²) in [7, 11) is -3.57. The van der Waals surface area contributed by atoms with E-state index in [1.165, 1.54) is 0 Å². The predicted octanol–water partition coefficient (Wildman–Crippen LogP) is 1.66. The number of rotatable bonds is 2. The zero-order valence-electron chi connectivity index (χ0n) is 8.34. The molecule has 1 N–H and O–H groups in total. The van der Waals surface area contributed by atoms with Crippen LogP contribution in [0.5, 0.6) is 0 Å². The summed E-state index contributed by atoms with van der Waals surface area (Å²) in [5, 5.41) is 0. The Morgan fingerprint density at radius 1 is 1.20 bits per heavy atom. The van der Waals surface area contributed by atoms with E-state index in [9.17, 15) is 21.6 Å². The molecule has 0 spiro atoms. The molecule has 1 rings (SSSR count). The smallest absolute Gasteiger partial charge is 0.213 e. The number of hydrogen-bond acceptors (Lipinski definition) is 2. The van der Waals surface area contributed by atoms with Gasteiger partial charge in [0, 0.05) is 6.04 Å². The van der Waals surface area contributed by atoms with E-state index in [-0.39, 0.29) is 12.8 Å². The number of hydrogen-bond donors (Lipinski definition) is 1. The summed E-state index contributed by atoms with van der Waals surface area (Å²) < 4.78 is 61.4. The Labute approximate surface area is 87.1 Å². The van der Waals surface area contributed by atoms with Gasteiger partial charge < -0.3 is 0 Å². The molecule has 1 saturated carbocycles. The van der Waals surface area contributed by atoms with Gasteiger partial charge in [0.25, 0.3) is 0 Å². The highest BCUT2D eigenvalue weighted by atomic mass is 32.2. The Morgan fingerprint density at radius 3 is 2.20 bits per heavy atom. The average molecular weight is 245 g/mol. The van der Waals surface area contributed by atoms with Crippen LogP contribution in [0.15, 0.2) is 0 Å². The van der Waals surface area contributed by atoms with Crippen LogP contribution in [0.3, 0.4) is 0 Å². The van der Waals surface area contributed by atoms with Gasteiger partial charge in [-0.1, -0.05) is 12.8 Å². The molecule has 15 heavy (non-hydrogen) atoms. The van der Waals surface area contributed by atoms with E-state index in [2.05, 4.69) is 4.72 Å². The normalized spacial score (nSPS) is 29.1. The highest BCUT2D eigenvalue weighted by Crippen LogP contribution is 2.37. The van der Waals surface area contributed by atoms with E-state index >= 15 is 0 Å². The lowest BCUT2D eigenvalue weighted by atomic mass is 9.85. The number of nitrogens with one attached hydrogen (secondary N) is 1. The van der Waals surface area contributed by atoms with Crippen molar-refractivity contribution in [3.05, 3.63) is 0 Å². The van der Waals surface area contributed by atoms with Crippen LogP contribution in [-0.4, -0.2) is 26.9 Å². The fraction of sp³-hybridized carbons (Fsp3) is 1.00. The molecule has 90 valence electrons. The first-order chi connectivity index (χ1) is 6.70. The first-order valence-corrected chi connectivity index (χ1v) is 6.63. The van der Waals surface area contributed by atoms with Gasteiger partial charge in [0.05, 0.1) is 12.2 Å². The standard InChI is InChI=1S/C8H14F3NO2S/c1-15(13,14)12-7-5-3-2-4-6(7)8(9,10)11/h6-7,12H,2-5H2,1H3. The molecule has 2 atom stereocenters. The highest BCUT2D eigenvalue weighted by molar-refractivity contribution is 7.88. The number of halogens is 3. The second kappa shape index (κ2) is 4.29. The summed E-state index contributed by atoms with van der Waals surface area (Å²) in [6, 6.07) is -0.992. The minimum atomic E-state index is -4.32. The minimum Gasteiger partial charge on any atom is -0.213 e. The van der Waals surface area contributed by atoms with Crippen LogP contribution in [0.4, 0.5) is 13.2 Å². The van der Waals surface area contributed by atoms with Gasteiger partial charge in [0.15, 0.2) is 0 Å². The van der Waals surface area contributed by atoms with Crippen molar-refractivity contribution in [2.75, 3.05) is 6.26 Å². The lowest BCUT2D eigenvalue weighted by molar-refractivity contribution is -0.187. The van der Waals surface area contributed by atoms with Crippen molar-refractivity contribution in [1.82, 2.24) is 4.72 Å². The quantitative estimate of drug-likeness (QED) is 0.804. The molecule has 0 aromatic heterocycles. The van der Waals surface area contributed by atoms with E-state index in [1.54, 1.807) is 0 Å². The van der Waals surface area contributed by atoms with Crippen LogP contribution in [-0.2, 0) is 10.0 Å². The molecule has 2 unspecified atom stereocenters. The molecule has 0 bridgehead atoms. The van der Waals surface area contributed by atoms with E-state index in [0.29, 0.717) is 12.8 Å². The molecular formula is C8H14F3NO2S. The first kappa shape index (κ1) is 12.8. The van der Waals surface area contributed by atoms with Gasteiger partial charge in [0.1, 0.15) is 0 Å². The summed E-state index contributed by atoms with van der Waals surface area (Å²) in [6.07, 6.45) is -2.02. The lowest BCUT2D eigenvalue weighted by Crippen LogP contribution is -2.47. The maximum absolute atomic E-state index is 12.5. The molecule has 1 aliphatic carbocycles. The fourth-order valence-electron chi connectivity index (χ4n) is 1.94. The minimum absolute atomic E-state index is 0.0106. The predicted molar refractivity (Wildman–Crippen MR) is 49.8 cm³/mol. The zero-order chi connectivity index (χ0) is 11.7. The van der Waals surface area contributed by atoms with Crippen LogP contribution in [0, 0.1) is 5.92 Å². The van der Waals surface area contributed by atoms with Crippen molar-refractivity contribution in [3.8, 4) is 0 Å². The average Bonchev–Trinajstić information content (AvgIpc) is 1.99. The van der Waals surface area contributed by atoms with Gasteiger partial charge >= 0.3 is 6.18 Å². The summed E-state index contributed by atoms with van der Waals surface area (Å²) in [5.74, 6) is -1.54. The fourth-order valence-corrected chi connectivity index (χ4v) is 2.77. The second-order valence-electron chi connectivity index (χ2n) is 3.93. The molecule has 1 fully saturated rings. The van der Waals surface area contributed by atoms with Gasteiger partial charge in [-0.05, 0) is 12.8 Å². The highest BCUT2D eigenvalue weighted by Gasteiger charge is 2.46. The zero-order valence-corrected chi connectivity index (χ0v) is 9.16. The Kier molecular flexibility index (Phi) is 3.65. The van der Waals surface area contributed by atoms with Crippen LogP contribution >= 0.6 is 0 Å². The van der Waals surface area contributed by atoms with Gasteiger partial charge in [0.2, 0.25) is 10.0 Å². The summed E-state index contributed by atoms with van der Waals surface area (Å²) >= 11 is 0. The van der Waals surface area contributed by atoms with Crippen LogP contribution in [0.1, 0.15) is 25.7 Å². The summed E-state index contributed by atoms with van der Waals surface area (Å²) in [4.78, 5) is 0. The third-order valence-electron chi connectivity index (χ3n) is 2.55. The van der Waals surface area contributed by atoms with Crippen molar-refractivity contribution in [1.29, 1.82) is 0 Å². The number of alkyl halides is 3. The van der Waals surface area contributed by atoms with Crippen molar-refractivity contribution < 1.29 is 21.6 Å². The van der Waals surface area contributed by atoms with E-state index in [1.807, 2.05) is 0 Å². The van der Waals surface area contributed by atoms with E-state index < -0.39 is 28.2 Å². The lowest BCUT2D eigenvalue weighted by Gasteiger charge is -2.32. The first-order valence-electron chi connectivity index (χ1n) is 4.74. The van der Waals surface area contributed by atoms with E-state index in [4.69, 9.17) is 0 Å². The monoisotopic (exact) mass is 245 g/mol. The maximum atomic E-state index is 12.5. The van der Waals surface area contributed by atoms with Gasteiger partial charge in [-0.3, -0.25) is 0 Å². The maximum Gasteiger partial charge on any atom is 0.393 e. The van der Waals surface area contributed by atoms with Gasteiger partial charge in [-0.15, -0.1) is 0 Å². The Bertz CT molecular complexity index is 312. The van der Waals surface area contributed by atoms with Crippen molar-refractivity contribution in [2.24, 2.45) is 5.92 Å². The van der Waals surface area contributed by atoms with Gasteiger partial charge in [-0.2, -0.15) is 13.2 Å². The Balaban J connectivity index is 2.75. The molecule has 0 aromatic rings.